The Kier molecular flexibility index (Phi) is 6.35. The Morgan fingerprint density at radius 2 is 1.82 bits per heavy atom. The molecule has 5 rings (SSSR count). The quantitative estimate of drug-likeness (QED) is 0.651. The first kappa shape index (κ1) is 23.0. The van der Waals surface area contributed by atoms with Crippen molar-refractivity contribution in [3.63, 3.8) is 0 Å². The van der Waals surface area contributed by atoms with Crippen LogP contribution < -0.4 is 5.32 Å². The van der Waals surface area contributed by atoms with Crippen LogP contribution >= 0.6 is 11.3 Å². The lowest BCUT2D eigenvalue weighted by Crippen LogP contribution is -2.46. The summed E-state index contributed by atoms with van der Waals surface area (Å²) in [7, 11) is -3.63. The fraction of sp³-hybridized carbons (Fsp3) is 0.696. The smallest absolute Gasteiger partial charge is 0.244 e. The first-order chi connectivity index (χ1) is 15.8. The maximum Gasteiger partial charge on any atom is 0.244 e. The number of aryl methyl sites for hydroxylation is 1. The summed E-state index contributed by atoms with van der Waals surface area (Å²) in [6.45, 7) is 4.80. The molecule has 0 radical (unpaired) electrons. The number of carbonyl (C=O) groups excluding carboxylic acids is 1. The molecule has 2 aromatic heterocycles. The summed E-state index contributed by atoms with van der Waals surface area (Å²) >= 11 is 1.37. The molecule has 1 saturated heterocycles. The minimum absolute atomic E-state index is 0.0872. The molecule has 1 amide bonds. The number of carbonyl (C=O) groups is 1. The van der Waals surface area contributed by atoms with Crippen LogP contribution in [0.4, 0.5) is 0 Å². The fourth-order valence-corrected chi connectivity index (χ4v) is 7.84. The van der Waals surface area contributed by atoms with E-state index in [0.717, 1.165) is 44.4 Å². The van der Waals surface area contributed by atoms with Gasteiger partial charge in [0.1, 0.15) is 0 Å². The molecule has 8 nitrogen and oxygen atoms in total. The minimum Gasteiger partial charge on any atom is -0.353 e. The molecule has 2 aliphatic carbocycles. The number of amides is 1. The van der Waals surface area contributed by atoms with Gasteiger partial charge in [0.05, 0.1) is 9.77 Å². The third kappa shape index (κ3) is 4.88. The maximum absolute atomic E-state index is 13.4. The molecule has 10 heteroatoms. The number of rotatable bonds is 6. The molecule has 180 valence electrons. The standard InChI is InChI=1S/C23H32N4O4S2/c1-14-3-7-18(8-4-14)24-22(28)16-9-11-27(12-10-16)33(29,30)20-13-19(32-15(20)2)21-25-23(31-26-21)17-5-6-17/h13-14,16-18H,3-12H2,1-2H3,(H,24,28). The lowest BCUT2D eigenvalue weighted by molar-refractivity contribution is -0.127. The molecule has 3 aliphatic rings. The first-order valence-corrected chi connectivity index (χ1v) is 14.3. The third-order valence-corrected chi connectivity index (χ3v) is 10.5. The van der Waals surface area contributed by atoms with Gasteiger partial charge in [-0.05, 0) is 70.3 Å². The maximum atomic E-state index is 13.4. The van der Waals surface area contributed by atoms with Crippen LogP contribution in [0.5, 0.6) is 0 Å². The monoisotopic (exact) mass is 492 g/mol. The highest BCUT2D eigenvalue weighted by atomic mass is 32.2. The van der Waals surface area contributed by atoms with Gasteiger partial charge in [0.2, 0.25) is 27.6 Å². The van der Waals surface area contributed by atoms with Crippen LogP contribution in [0.25, 0.3) is 10.7 Å². The summed E-state index contributed by atoms with van der Waals surface area (Å²) in [4.78, 5) is 18.9. The summed E-state index contributed by atoms with van der Waals surface area (Å²) in [6.07, 6.45) is 7.66. The molecule has 0 atom stereocenters. The van der Waals surface area contributed by atoms with Gasteiger partial charge in [-0.15, -0.1) is 11.3 Å². The van der Waals surface area contributed by atoms with Crippen LogP contribution in [0.3, 0.4) is 0 Å². The van der Waals surface area contributed by atoms with Crippen molar-refractivity contribution in [2.75, 3.05) is 13.1 Å². The van der Waals surface area contributed by atoms with Crippen molar-refractivity contribution in [3.05, 3.63) is 16.8 Å². The Hall–Kier alpha value is -1.78. The second-order valence-corrected chi connectivity index (χ2v) is 13.1. The summed E-state index contributed by atoms with van der Waals surface area (Å²) in [5.41, 5.74) is 0. The van der Waals surface area contributed by atoms with Crippen LogP contribution in [0.1, 0.15) is 75.0 Å². The number of hydrogen-bond acceptors (Lipinski definition) is 7. The van der Waals surface area contributed by atoms with Crippen LogP contribution in [-0.4, -0.2) is 47.9 Å². The summed E-state index contributed by atoms with van der Waals surface area (Å²) < 4.78 is 33.6. The molecule has 3 heterocycles. The van der Waals surface area contributed by atoms with Gasteiger partial charge in [-0.1, -0.05) is 12.1 Å². The normalized spacial score (nSPS) is 25.3. The number of thiophene rings is 1. The highest BCUT2D eigenvalue weighted by Crippen LogP contribution is 2.41. The van der Waals surface area contributed by atoms with Crippen molar-refractivity contribution >= 4 is 27.3 Å². The van der Waals surface area contributed by atoms with E-state index in [1.807, 2.05) is 6.92 Å². The molecule has 0 unspecified atom stereocenters. The second kappa shape index (κ2) is 9.11. The predicted octanol–water partition coefficient (Wildman–Crippen LogP) is 4.08. The fourth-order valence-electron chi connectivity index (χ4n) is 4.88. The van der Waals surface area contributed by atoms with Crippen LogP contribution in [0, 0.1) is 18.8 Å². The van der Waals surface area contributed by atoms with Gasteiger partial charge < -0.3 is 9.84 Å². The van der Waals surface area contributed by atoms with Crippen LogP contribution in [0.2, 0.25) is 0 Å². The zero-order valence-electron chi connectivity index (χ0n) is 19.2. The molecule has 3 fully saturated rings. The van der Waals surface area contributed by atoms with E-state index in [4.69, 9.17) is 4.52 Å². The zero-order valence-corrected chi connectivity index (χ0v) is 20.9. The summed E-state index contributed by atoms with van der Waals surface area (Å²) in [6, 6.07) is 1.94. The molecule has 0 aromatic carbocycles. The Bertz CT molecular complexity index is 1110. The molecule has 1 N–H and O–H groups in total. The topological polar surface area (TPSA) is 105 Å². The Morgan fingerprint density at radius 1 is 1.12 bits per heavy atom. The SMILES string of the molecule is Cc1sc(-c2noc(C3CC3)n2)cc1S(=O)(=O)N1CCC(C(=O)NC2CCC(C)CC2)CC1. The van der Waals surface area contributed by atoms with Crippen molar-refractivity contribution in [2.45, 2.75) is 82.1 Å². The molecule has 2 saturated carbocycles. The first-order valence-electron chi connectivity index (χ1n) is 12.1. The van der Waals surface area contributed by atoms with E-state index >= 15 is 0 Å². The largest absolute Gasteiger partial charge is 0.353 e. The van der Waals surface area contributed by atoms with E-state index in [9.17, 15) is 13.2 Å². The van der Waals surface area contributed by atoms with Crippen molar-refractivity contribution in [1.82, 2.24) is 19.8 Å². The van der Waals surface area contributed by atoms with Gasteiger partial charge >= 0.3 is 0 Å². The van der Waals surface area contributed by atoms with Crippen LogP contribution in [0.15, 0.2) is 15.5 Å². The lowest BCUT2D eigenvalue weighted by atomic mass is 9.87. The van der Waals surface area contributed by atoms with Gasteiger partial charge in [0.25, 0.3) is 0 Å². The highest BCUT2D eigenvalue weighted by molar-refractivity contribution is 7.89. The van der Waals surface area contributed by atoms with E-state index in [1.165, 1.54) is 15.6 Å². The van der Waals surface area contributed by atoms with Gasteiger partial charge in [-0.3, -0.25) is 4.79 Å². The zero-order chi connectivity index (χ0) is 23.2. The van der Waals surface area contributed by atoms with Crippen LogP contribution in [-0.2, 0) is 14.8 Å². The molecule has 0 bridgehead atoms. The predicted molar refractivity (Wildman–Crippen MR) is 125 cm³/mol. The molecule has 1 aliphatic heterocycles. The lowest BCUT2D eigenvalue weighted by Gasteiger charge is -2.32. The van der Waals surface area contributed by atoms with Crippen molar-refractivity contribution in [2.24, 2.45) is 11.8 Å². The minimum atomic E-state index is -3.63. The number of hydrogen-bond donors (Lipinski definition) is 1. The second-order valence-electron chi connectivity index (χ2n) is 9.91. The van der Waals surface area contributed by atoms with E-state index in [0.29, 0.717) is 58.2 Å². The average Bonchev–Trinajstić information content (AvgIpc) is 3.39. The highest BCUT2D eigenvalue weighted by Gasteiger charge is 2.35. The Labute approximate surface area is 199 Å². The van der Waals surface area contributed by atoms with Gasteiger partial charge in [-0.2, -0.15) is 9.29 Å². The Morgan fingerprint density at radius 3 is 2.48 bits per heavy atom. The molecule has 2 aromatic rings. The number of sulfonamides is 1. The molecular weight excluding hydrogens is 460 g/mol. The molecular formula is C23H32N4O4S2. The molecule has 33 heavy (non-hydrogen) atoms. The summed E-state index contributed by atoms with van der Waals surface area (Å²) in [5.74, 6) is 2.17. The average molecular weight is 493 g/mol. The number of aromatic nitrogens is 2. The van der Waals surface area contributed by atoms with E-state index in [1.54, 1.807) is 6.07 Å². The number of nitrogens with zero attached hydrogens (tertiary/aromatic N) is 3. The van der Waals surface area contributed by atoms with Gasteiger partial charge in [0.15, 0.2) is 0 Å². The third-order valence-electron chi connectivity index (χ3n) is 7.27. The van der Waals surface area contributed by atoms with E-state index in [-0.39, 0.29) is 17.9 Å². The number of nitrogens with one attached hydrogen (secondary N) is 1. The van der Waals surface area contributed by atoms with Crippen molar-refractivity contribution < 1.29 is 17.7 Å². The van der Waals surface area contributed by atoms with Gasteiger partial charge in [0, 0.05) is 35.8 Å². The van der Waals surface area contributed by atoms with Crippen molar-refractivity contribution in [3.8, 4) is 10.7 Å². The molecule has 0 spiro atoms. The van der Waals surface area contributed by atoms with Gasteiger partial charge in [-0.25, -0.2) is 8.42 Å². The van der Waals surface area contributed by atoms with E-state index in [2.05, 4.69) is 22.4 Å². The van der Waals surface area contributed by atoms with Crippen molar-refractivity contribution in [1.29, 1.82) is 0 Å². The number of piperidine rings is 1. The summed E-state index contributed by atoms with van der Waals surface area (Å²) in [5, 5.41) is 7.26. The Balaban J connectivity index is 1.21. The van der Waals surface area contributed by atoms with E-state index < -0.39 is 10.0 Å².